The summed E-state index contributed by atoms with van der Waals surface area (Å²) < 4.78 is 27.3. The number of aromatic hydroxyl groups is 1. The van der Waals surface area contributed by atoms with Crippen LogP contribution in [0, 0.1) is 11.6 Å². The first kappa shape index (κ1) is 17.9. The van der Waals surface area contributed by atoms with Gasteiger partial charge in [0.05, 0.1) is 11.8 Å². The van der Waals surface area contributed by atoms with Crippen molar-refractivity contribution in [2.75, 3.05) is 11.1 Å². The first-order valence-electron chi connectivity index (χ1n) is 7.09. The van der Waals surface area contributed by atoms with Crippen molar-refractivity contribution in [3.05, 3.63) is 46.3 Å². The first-order valence-corrected chi connectivity index (χ1v) is 8.07. The van der Waals surface area contributed by atoms with Crippen LogP contribution in [0.25, 0.3) is 0 Å². The molecule has 0 saturated carbocycles. The van der Waals surface area contributed by atoms with Crippen molar-refractivity contribution in [3.63, 3.8) is 0 Å². The van der Waals surface area contributed by atoms with Crippen molar-refractivity contribution in [2.24, 2.45) is 0 Å². The maximum Gasteiger partial charge on any atom is 0.257 e. The molecule has 0 aliphatic heterocycles. The van der Waals surface area contributed by atoms with E-state index in [1.165, 1.54) is 10.6 Å². The van der Waals surface area contributed by atoms with E-state index in [2.05, 4.69) is 10.3 Å². The van der Waals surface area contributed by atoms with Crippen molar-refractivity contribution < 1.29 is 18.7 Å². The summed E-state index contributed by atoms with van der Waals surface area (Å²) >= 11 is 0.962. The second-order valence-electron chi connectivity index (χ2n) is 4.85. The zero-order valence-corrected chi connectivity index (χ0v) is 13.6. The highest BCUT2D eigenvalue weighted by atomic mass is 32.2. The topological polar surface area (TPSA) is 84.2 Å². The van der Waals surface area contributed by atoms with Crippen LogP contribution in [0.15, 0.2) is 34.2 Å². The number of hydrogen-bond donors (Lipinski definition) is 2. The minimum Gasteiger partial charge on any atom is -0.493 e. The molecule has 2 aromatic rings. The van der Waals surface area contributed by atoms with E-state index >= 15 is 0 Å². The highest BCUT2D eigenvalue weighted by molar-refractivity contribution is 7.99. The lowest BCUT2D eigenvalue weighted by molar-refractivity contribution is -0.113. The van der Waals surface area contributed by atoms with Gasteiger partial charge in [0.2, 0.25) is 11.8 Å². The van der Waals surface area contributed by atoms with Crippen LogP contribution < -0.4 is 10.9 Å². The Morgan fingerprint density at radius 3 is 2.75 bits per heavy atom. The summed E-state index contributed by atoms with van der Waals surface area (Å²) in [7, 11) is 0. The van der Waals surface area contributed by atoms with Gasteiger partial charge >= 0.3 is 0 Å². The van der Waals surface area contributed by atoms with E-state index in [1.807, 2.05) is 6.92 Å². The Kier molecular flexibility index (Phi) is 5.91. The number of halogens is 2. The van der Waals surface area contributed by atoms with Crippen molar-refractivity contribution in [1.29, 1.82) is 0 Å². The molecule has 1 aromatic carbocycles. The molecule has 0 aliphatic rings. The third kappa shape index (κ3) is 4.54. The molecular weight excluding hydrogens is 340 g/mol. The molecule has 0 atom stereocenters. The summed E-state index contributed by atoms with van der Waals surface area (Å²) in [4.78, 5) is 27.6. The van der Waals surface area contributed by atoms with E-state index in [9.17, 15) is 23.5 Å². The van der Waals surface area contributed by atoms with Crippen LogP contribution in [-0.4, -0.2) is 26.3 Å². The summed E-state index contributed by atoms with van der Waals surface area (Å²) in [6.07, 6.45) is 0.682. The van der Waals surface area contributed by atoms with E-state index in [0.717, 1.165) is 30.0 Å². The molecule has 0 radical (unpaired) electrons. The van der Waals surface area contributed by atoms with Crippen LogP contribution in [0.2, 0.25) is 0 Å². The van der Waals surface area contributed by atoms with Gasteiger partial charge in [0, 0.05) is 18.3 Å². The number of nitrogens with zero attached hydrogens (tertiary/aromatic N) is 2. The second kappa shape index (κ2) is 7.91. The minimum absolute atomic E-state index is 0.112. The molecular formula is C15H15F2N3O3S. The molecule has 1 amide bonds. The Hall–Kier alpha value is -2.42. The van der Waals surface area contributed by atoms with Gasteiger partial charge in [0.25, 0.3) is 5.56 Å². The van der Waals surface area contributed by atoms with E-state index < -0.39 is 29.0 Å². The molecule has 2 rings (SSSR count). The normalized spacial score (nSPS) is 10.6. The predicted octanol–water partition coefficient (Wildman–Crippen LogP) is 2.37. The number of carbonyl (C=O) groups is 1. The number of carbonyl (C=O) groups excluding carboxylic acids is 1. The maximum atomic E-state index is 13.1. The van der Waals surface area contributed by atoms with E-state index in [4.69, 9.17) is 0 Å². The van der Waals surface area contributed by atoms with Crippen molar-refractivity contribution in [2.45, 2.75) is 25.0 Å². The largest absolute Gasteiger partial charge is 0.493 e. The molecule has 0 spiro atoms. The van der Waals surface area contributed by atoms with E-state index in [1.54, 1.807) is 0 Å². The molecule has 24 heavy (non-hydrogen) atoms. The average Bonchev–Trinajstić information content (AvgIpc) is 2.52. The molecule has 0 saturated heterocycles. The minimum atomic E-state index is -1.06. The molecule has 0 fully saturated rings. The molecule has 0 bridgehead atoms. The number of nitrogens with one attached hydrogen (secondary N) is 1. The molecule has 0 aliphatic carbocycles. The van der Waals surface area contributed by atoms with Crippen LogP contribution in [0.5, 0.6) is 5.88 Å². The predicted molar refractivity (Wildman–Crippen MR) is 86.2 cm³/mol. The number of rotatable bonds is 6. The molecule has 128 valence electrons. The van der Waals surface area contributed by atoms with Gasteiger partial charge in [0.1, 0.15) is 0 Å². The lowest BCUT2D eigenvalue weighted by Crippen LogP contribution is -2.23. The van der Waals surface area contributed by atoms with Crippen LogP contribution in [0.1, 0.15) is 13.3 Å². The first-order chi connectivity index (χ1) is 11.4. The highest BCUT2D eigenvalue weighted by Gasteiger charge is 2.12. The van der Waals surface area contributed by atoms with Gasteiger partial charge in [-0.3, -0.25) is 14.2 Å². The fraction of sp³-hybridized carbons (Fsp3) is 0.267. The second-order valence-corrected chi connectivity index (χ2v) is 5.80. The molecule has 1 heterocycles. The number of amides is 1. The molecule has 0 unspecified atom stereocenters. The number of benzene rings is 1. The van der Waals surface area contributed by atoms with Crippen LogP contribution in [-0.2, 0) is 11.3 Å². The van der Waals surface area contributed by atoms with Gasteiger partial charge in [-0.25, -0.2) is 8.78 Å². The summed E-state index contributed by atoms with van der Waals surface area (Å²) in [6, 6.07) is 4.02. The fourth-order valence-corrected chi connectivity index (χ4v) is 2.74. The van der Waals surface area contributed by atoms with Crippen molar-refractivity contribution in [3.8, 4) is 5.88 Å². The smallest absolute Gasteiger partial charge is 0.257 e. The number of aromatic nitrogens is 2. The Morgan fingerprint density at radius 2 is 2.08 bits per heavy atom. The van der Waals surface area contributed by atoms with Gasteiger partial charge in [-0.2, -0.15) is 4.98 Å². The standard InChI is InChI=1S/C15H15F2N3O3S/c1-2-5-20-14(23)7-12(21)19-15(20)24-8-13(22)18-9-3-4-10(16)11(17)6-9/h3-4,6-7,21H,2,5,8H2,1H3,(H,18,22). The van der Waals surface area contributed by atoms with E-state index in [-0.39, 0.29) is 16.6 Å². The SMILES string of the molecule is CCCn1c(SCC(=O)Nc2ccc(F)c(F)c2)nc(O)cc1=O. The zero-order chi connectivity index (χ0) is 17.7. The Morgan fingerprint density at radius 1 is 1.33 bits per heavy atom. The molecule has 1 aromatic heterocycles. The Bertz CT molecular complexity index is 811. The fourth-order valence-electron chi connectivity index (χ4n) is 1.91. The van der Waals surface area contributed by atoms with Gasteiger partial charge in [0.15, 0.2) is 16.8 Å². The lowest BCUT2D eigenvalue weighted by Gasteiger charge is -2.10. The molecule has 9 heteroatoms. The van der Waals surface area contributed by atoms with Crippen molar-refractivity contribution in [1.82, 2.24) is 9.55 Å². The third-order valence-electron chi connectivity index (χ3n) is 2.94. The lowest BCUT2D eigenvalue weighted by atomic mass is 10.3. The zero-order valence-electron chi connectivity index (χ0n) is 12.8. The highest BCUT2D eigenvalue weighted by Crippen LogP contribution is 2.18. The number of thioether (sulfide) groups is 1. The molecule has 2 N–H and O–H groups in total. The average molecular weight is 355 g/mol. The van der Waals surface area contributed by atoms with Gasteiger partial charge in [-0.05, 0) is 18.6 Å². The van der Waals surface area contributed by atoms with Crippen molar-refractivity contribution >= 4 is 23.4 Å². The Labute approximate surface area is 140 Å². The van der Waals surface area contributed by atoms with Crippen LogP contribution >= 0.6 is 11.8 Å². The monoisotopic (exact) mass is 355 g/mol. The third-order valence-corrected chi connectivity index (χ3v) is 3.92. The van der Waals surface area contributed by atoms with Crippen LogP contribution in [0.4, 0.5) is 14.5 Å². The Balaban J connectivity index is 2.06. The maximum absolute atomic E-state index is 13.1. The van der Waals surface area contributed by atoms with Crippen LogP contribution in [0.3, 0.4) is 0 Å². The van der Waals surface area contributed by atoms with E-state index in [0.29, 0.717) is 13.0 Å². The summed E-state index contributed by atoms with van der Waals surface area (Å²) in [6.45, 7) is 2.28. The number of hydrogen-bond acceptors (Lipinski definition) is 5. The molecule has 6 nitrogen and oxygen atoms in total. The summed E-state index contributed by atoms with van der Waals surface area (Å²) in [5.74, 6) is -3.08. The van der Waals surface area contributed by atoms with Gasteiger partial charge < -0.3 is 10.4 Å². The quantitative estimate of drug-likeness (QED) is 0.614. The summed E-state index contributed by atoms with van der Waals surface area (Å²) in [5, 5.41) is 12.1. The van der Waals surface area contributed by atoms with Gasteiger partial charge in [-0.15, -0.1) is 0 Å². The van der Waals surface area contributed by atoms with Gasteiger partial charge in [-0.1, -0.05) is 18.7 Å². The number of anilines is 1. The summed E-state index contributed by atoms with van der Waals surface area (Å²) in [5.41, 5.74) is -0.290.